The number of hydrogen-bond donors (Lipinski definition) is 3. The van der Waals surface area contributed by atoms with E-state index < -0.39 is 10.0 Å². The molecule has 1 atom stereocenters. The fraction of sp³-hybridized carbons (Fsp3) is 0.381. The van der Waals surface area contributed by atoms with Crippen molar-refractivity contribution in [2.75, 3.05) is 12.4 Å². The third kappa shape index (κ3) is 7.72. The molecule has 2 aromatic carbocycles. The van der Waals surface area contributed by atoms with Crippen LogP contribution in [0.4, 0.5) is 10.5 Å². The van der Waals surface area contributed by atoms with E-state index in [1.165, 1.54) is 11.9 Å². The van der Waals surface area contributed by atoms with Gasteiger partial charge >= 0.3 is 6.03 Å². The van der Waals surface area contributed by atoms with E-state index in [1.807, 2.05) is 43.0 Å². The van der Waals surface area contributed by atoms with Gasteiger partial charge in [0, 0.05) is 22.4 Å². The minimum Gasteiger partial charge on any atom is -0.334 e. The molecule has 158 valence electrons. The molecule has 0 saturated carbocycles. The minimum atomic E-state index is -3.29. The van der Waals surface area contributed by atoms with E-state index in [1.54, 1.807) is 12.1 Å². The van der Waals surface area contributed by atoms with Gasteiger partial charge in [-0.1, -0.05) is 38.1 Å². The van der Waals surface area contributed by atoms with Crippen LogP contribution in [-0.4, -0.2) is 26.7 Å². The zero-order chi connectivity index (χ0) is 21.4. The van der Waals surface area contributed by atoms with Crippen LogP contribution in [0.15, 0.2) is 47.4 Å². The summed E-state index contributed by atoms with van der Waals surface area (Å²) in [6, 6.07) is 12.9. The lowest BCUT2D eigenvalue weighted by Gasteiger charge is -2.13. The van der Waals surface area contributed by atoms with Crippen molar-refractivity contribution in [3.05, 3.63) is 59.2 Å². The second kappa shape index (κ2) is 10.7. The van der Waals surface area contributed by atoms with Gasteiger partial charge in [-0.15, -0.1) is 11.8 Å². The molecule has 0 radical (unpaired) electrons. The molecule has 0 saturated heterocycles. The summed E-state index contributed by atoms with van der Waals surface area (Å²) in [7, 11) is -1.90. The van der Waals surface area contributed by atoms with Gasteiger partial charge < -0.3 is 10.6 Å². The van der Waals surface area contributed by atoms with Gasteiger partial charge in [0.15, 0.2) is 0 Å². The highest BCUT2D eigenvalue weighted by Gasteiger charge is 2.09. The van der Waals surface area contributed by atoms with Crippen molar-refractivity contribution < 1.29 is 13.2 Å². The SMILES string of the molecule is CCC(C)Sc1ccc(NC(=O)NCc2ccc(CS(=O)(=O)NC)cc2)c(C)c1. The summed E-state index contributed by atoms with van der Waals surface area (Å²) >= 11 is 1.83. The molecule has 29 heavy (non-hydrogen) atoms. The van der Waals surface area contributed by atoms with Gasteiger partial charge in [0.2, 0.25) is 10.0 Å². The van der Waals surface area contributed by atoms with E-state index in [-0.39, 0.29) is 11.8 Å². The van der Waals surface area contributed by atoms with Crippen LogP contribution in [0.3, 0.4) is 0 Å². The van der Waals surface area contributed by atoms with E-state index in [2.05, 4.69) is 35.3 Å². The molecular formula is C21H29N3O3S2. The first-order chi connectivity index (χ1) is 13.7. The van der Waals surface area contributed by atoms with Gasteiger partial charge in [-0.05, 0) is 55.3 Å². The molecule has 0 aliphatic carbocycles. The van der Waals surface area contributed by atoms with E-state index in [9.17, 15) is 13.2 Å². The molecule has 0 aliphatic heterocycles. The van der Waals surface area contributed by atoms with Crippen molar-refractivity contribution in [3.63, 3.8) is 0 Å². The van der Waals surface area contributed by atoms with Crippen LogP contribution >= 0.6 is 11.8 Å². The number of rotatable bonds is 9. The maximum Gasteiger partial charge on any atom is 0.319 e. The Kier molecular flexibility index (Phi) is 8.55. The largest absolute Gasteiger partial charge is 0.334 e. The molecule has 2 aromatic rings. The van der Waals surface area contributed by atoms with E-state index >= 15 is 0 Å². The van der Waals surface area contributed by atoms with Gasteiger partial charge in [-0.25, -0.2) is 17.9 Å². The molecule has 8 heteroatoms. The Labute approximate surface area is 177 Å². The average molecular weight is 436 g/mol. The molecule has 0 heterocycles. The Morgan fingerprint density at radius 1 is 1.10 bits per heavy atom. The van der Waals surface area contributed by atoms with Crippen LogP contribution in [0.2, 0.25) is 0 Å². The van der Waals surface area contributed by atoms with Gasteiger partial charge in [0.05, 0.1) is 5.75 Å². The summed E-state index contributed by atoms with van der Waals surface area (Å²) in [6.45, 7) is 6.70. The number of carbonyl (C=O) groups excluding carboxylic acids is 1. The molecule has 0 fully saturated rings. The van der Waals surface area contributed by atoms with Gasteiger partial charge in [0.1, 0.15) is 0 Å². The molecule has 0 aliphatic rings. The van der Waals surface area contributed by atoms with Crippen molar-refractivity contribution in [2.45, 2.75) is 49.6 Å². The van der Waals surface area contributed by atoms with Crippen molar-refractivity contribution in [3.8, 4) is 0 Å². The molecule has 0 spiro atoms. The number of amides is 2. The van der Waals surface area contributed by atoms with Crippen LogP contribution in [0.5, 0.6) is 0 Å². The summed E-state index contributed by atoms with van der Waals surface area (Å²) in [5.41, 5.74) is 3.38. The Hall–Kier alpha value is -2.03. The van der Waals surface area contributed by atoms with Crippen molar-refractivity contribution in [1.29, 1.82) is 0 Å². The number of anilines is 1. The zero-order valence-corrected chi connectivity index (χ0v) is 18.9. The van der Waals surface area contributed by atoms with Crippen LogP contribution in [0.25, 0.3) is 0 Å². The third-order valence-corrected chi connectivity index (χ3v) is 7.10. The fourth-order valence-corrected chi connectivity index (χ4v) is 4.36. The van der Waals surface area contributed by atoms with Crippen molar-refractivity contribution in [2.24, 2.45) is 0 Å². The summed E-state index contributed by atoms with van der Waals surface area (Å²) in [6.07, 6.45) is 1.11. The average Bonchev–Trinajstić information content (AvgIpc) is 2.69. The molecule has 6 nitrogen and oxygen atoms in total. The number of sulfonamides is 1. The quantitative estimate of drug-likeness (QED) is 0.514. The monoisotopic (exact) mass is 435 g/mol. The Balaban J connectivity index is 1.88. The first-order valence-corrected chi connectivity index (χ1v) is 12.1. The summed E-state index contributed by atoms with van der Waals surface area (Å²) in [5.74, 6) is -0.0672. The first kappa shape index (κ1) is 23.3. The lowest BCUT2D eigenvalue weighted by molar-refractivity contribution is 0.251. The summed E-state index contributed by atoms with van der Waals surface area (Å²) < 4.78 is 25.5. The second-order valence-corrected chi connectivity index (χ2v) is 10.3. The lowest BCUT2D eigenvalue weighted by atomic mass is 10.1. The molecule has 0 aromatic heterocycles. The molecule has 1 unspecified atom stereocenters. The molecule has 2 amide bonds. The number of thioether (sulfide) groups is 1. The number of aryl methyl sites for hydroxylation is 1. The number of carbonyl (C=O) groups is 1. The number of urea groups is 1. The lowest BCUT2D eigenvalue weighted by Crippen LogP contribution is -2.28. The normalized spacial score (nSPS) is 12.4. The Bertz CT molecular complexity index is 929. The maximum atomic E-state index is 12.2. The number of hydrogen-bond acceptors (Lipinski definition) is 4. The van der Waals surface area contributed by atoms with E-state index in [4.69, 9.17) is 0 Å². The molecular weight excluding hydrogens is 406 g/mol. The van der Waals surface area contributed by atoms with Crippen LogP contribution in [0, 0.1) is 6.92 Å². The number of nitrogens with one attached hydrogen (secondary N) is 3. The number of benzene rings is 2. The van der Waals surface area contributed by atoms with Gasteiger partial charge in [0.25, 0.3) is 0 Å². The summed E-state index contributed by atoms with van der Waals surface area (Å²) in [5, 5.41) is 6.26. The summed E-state index contributed by atoms with van der Waals surface area (Å²) in [4.78, 5) is 13.4. The standard InChI is InChI=1S/C21H29N3O3S2/c1-5-16(3)28-19-10-11-20(15(2)12-19)24-21(25)23-13-17-6-8-18(9-7-17)14-29(26,27)22-4/h6-12,16,22H,5,13-14H2,1-4H3,(H2,23,24,25). The predicted octanol–water partition coefficient (Wildman–Crippen LogP) is 4.26. The molecule has 3 N–H and O–H groups in total. The van der Waals surface area contributed by atoms with Gasteiger partial charge in [-0.3, -0.25) is 0 Å². The van der Waals surface area contributed by atoms with Gasteiger partial charge in [-0.2, -0.15) is 0 Å². The zero-order valence-electron chi connectivity index (χ0n) is 17.3. The highest BCUT2D eigenvalue weighted by atomic mass is 32.2. The highest BCUT2D eigenvalue weighted by Crippen LogP contribution is 2.28. The maximum absolute atomic E-state index is 12.2. The first-order valence-electron chi connectivity index (χ1n) is 9.53. The molecule has 2 rings (SSSR count). The van der Waals surface area contributed by atoms with E-state index in [0.29, 0.717) is 17.4 Å². The predicted molar refractivity (Wildman–Crippen MR) is 121 cm³/mol. The Morgan fingerprint density at radius 3 is 2.34 bits per heavy atom. The van der Waals surface area contributed by atoms with Crippen LogP contribution < -0.4 is 15.4 Å². The highest BCUT2D eigenvalue weighted by molar-refractivity contribution is 7.99. The van der Waals surface area contributed by atoms with Crippen molar-refractivity contribution in [1.82, 2.24) is 10.0 Å². The van der Waals surface area contributed by atoms with E-state index in [0.717, 1.165) is 23.2 Å². The third-order valence-electron chi connectivity index (χ3n) is 4.50. The Morgan fingerprint density at radius 2 is 1.76 bits per heavy atom. The second-order valence-electron chi connectivity index (χ2n) is 6.90. The minimum absolute atomic E-state index is 0.0672. The van der Waals surface area contributed by atoms with Crippen LogP contribution in [0.1, 0.15) is 37.0 Å². The molecule has 0 bridgehead atoms. The van der Waals surface area contributed by atoms with Crippen LogP contribution in [-0.2, 0) is 22.3 Å². The fourth-order valence-electron chi connectivity index (χ4n) is 2.56. The van der Waals surface area contributed by atoms with Crippen molar-refractivity contribution >= 4 is 33.5 Å². The smallest absolute Gasteiger partial charge is 0.319 e. The topological polar surface area (TPSA) is 87.3 Å².